The van der Waals surface area contributed by atoms with E-state index in [1.165, 1.54) is 5.56 Å². The molecule has 5 heteroatoms. The first kappa shape index (κ1) is 15.4. The van der Waals surface area contributed by atoms with E-state index in [1.807, 2.05) is 18.2 Å². The maximum atomic E-state index is 9.83. The standard InChI is InChI=1S/C19H22N2O3/c22-15-8-11-21(12-9-15)18(14-5-2-1-3-6-14)17-13-23-16-7-4-10-20-19(16)24-17/h1-7,10,15,17-18,22H,8-9,11-13H2/t17-,18?/m1/s1. The van der Waals surface area contributed by atoms with Crippen LogP contribution in [0.3, 0.4) is 0 Å². The molecular formula is C19H22N2O3. The molecule has 1 N–H and O–H groups in total. The first-order valence-corrected chi connectivity index (χ1v) is 8.53. The van der Waals surface area contributed by atoms with Gasteiger partial charge in [-0.15, -0.1) is 0 Å². The Morgan fingerprint density at radius 3 is 2.67 bits per heavy atom. The fourth-order valence-corrected chi connectivity index (χ4v) is 3.55. The summed E-state index contributed by atoms with van der Waals surface area (Å²) in [6.07, 6.45) is 3.00. The van der Waals surface area contributed by atoms with Gasteiger partial charge in [-0.25, -0.2) is 4.98 Å². The van der Waals surface area contributed by atoms with Gasteiger partial charge in [0.15, 0.2) is 11.9 Å². The number of likely N-dealkylation sites (tertiary alicyclic amines) is 1. The molecule has 5 nitrogen and oxygen atoms in total. The van der Waals surface area contributed by atoms with Crippen molar-refractivity contribution < 1.29 is 14.6 Å². The minimum atomic E-state index is -0.191. The van der Waals surface area contributed by atoms with Gasteiger partial charge in [0.2, 0.25) is 0 Å². The molecular weight excluding hydrogens is 304 g/mol. The maximum absolute atomic E-state index is 9.83. The number of aromatic nitrogens is 1. The molecule has 1 fully saturated rings. The van der Waals surface area contributed by atoms with Crippen molar-refractivity contribution in [1.29, 1.82) is 0 Å². The highest BCUT2D eigenvalue weighted by molar-refractivity contribution is 5.35. The summed E-state index contributed by atoms with van der Waals surface area (Å²) in [5.74, 6) is 1.27. The molecule has 4 rings (SSSR count). The predicted octanol–water partition coefficient (Wildman–Crippen LogP) is 2.42. The summed E-state index contributed by atoms with van der Waals surface area (Å²) in [4.78, 5) is 6.69. The Kier molecular flexibility index (Phi) is 4.36. The zero-order chi connectivity index (χ0) is 16.4. The second-order valence-corrected chi connectivity index (χ2v) is 6.40. The number of hydrogen-bond donors (Lipinski definition) is 1. The van der Waals surface area contributed by atoms with Gasteiger partial charge in [-0.3, -0.25) is 4.90 Å². The van der Waals surface area contributed by atoms with Crippen LogP contribution in [0.5, 0.6) is 11.6 Å². The van der Waals surface area contributed by atoms with E-state index in [0.29, 0.717) is 18.2 Å². The van der Waals surface area contributed by atoms with Crippen molar-refractivity contribution >= 4 is 0 Å². The monoisotopic (exact) mass is 326 g/mol. The number of aliphatic hydroxyl groups excluding tert-OH is 1. The Balaban J connectivity index is 1.61. The van der Waals surface area contributed by atoms with Crippen LogP contribution >= 0.6 is 0 Å². The number of rotatable bonds is 3. The van der Waals surface area contributed by atoms with Crippen LogP contribution < -0.4 is 9.47 Å². The lowest BCUT2D eigenvalue weighted by Crippen LogP contribution is -2.47. The van der Waals surface area contributed by atoms with Crippen LogP contribution in [0.15, 0.2) is 48.7 Å². The first-order chi connectivity index (χ1) is 11.8. The number of pyridine rings is 1. The van der Waals surface area contributed by atoms with Gasteiger partial charge in [-0.05, 0) is 30.5 Å². The summed E-state index contributed by atoms with van der Waals surface area (Å²) >= 11 is 0. The SMILES string of the molecule is OC1CCN(C(c2ccccc2)[C@H]2COc3cccnc3O2)CC1. The lowest BCUT2D eigenvalue weighted by Gasteiger charge is -2.41. The normalized spacial score (nSPS) is 23.0. The molecule has 0 aliphatic carbocycles. The van der Waals surface area contributed by atoms with Gasteiger partial charge in [0.05, 0.1) is 12.1 Å². The van der Waals surface area contributed by atoms with Crippen molar-refractivity contribution in [2.24, 2.45) is 0 Å². The molecule has 2 aliphatic heterocycles. The molecule has 2 aliphatic rings. The molecule has 1 unspecified atom stereocenters. The minimum Gasteiger partial charge on any atom is -0.484 e. The van der Waals surface area contributed by atoms with E-state index in [4.69, 9.17) is 9.47 Å². The predicted molar refractivity (Wildman–Crippen MR) is 90.1 cm³/mol. The number of benzene rings is 1. The molecule has 0 amide bonds. The molecule has 0 bridgehead atoms. The molecule has 2 aromatic rings. The Morgan fingerprint density at radius 2 is 1.88 bits per heavy atom. The number of piperidine rings is 1. The molecule has 2 atom stereocenters. The summed E-state index contributed by atoms with van der Waals surface area (Å²) in [5, 5.41) is 9.83. The van der Waals surface area contributed by atoms with Gasteiger partial charge < -0.3 is 14.6 Å². The Labute approximate surface area is 141 Å². The summed E-state index contributed by atoms with van der Waals surface area (Å²) in [5.41, 5.74) is 1.21. The van der Waals surface area contributed by atoms with Gasteiger partial charge in [-0.2, -0.15) is 0 Å². The molecule has 126 valence electrons. The average Bonchev–Trinajstić information content (AvgIpc) is 2.64. The van der Waals surface area contributed by atoms with Crippen LogP contribution in [0.2, 0.25) is 0 Å². The van der Waals surface area contributed by atoms with Crippen molar-refractivity contribution in [1.82, 2.24) is 9.88 Å². The zero-order valence-corrected chi connectivity index (χ0v) is 13.5. The summed E-state index contributed by atoms with van der Waals surface area (Å²) < 4.78 is 12.1. The van der Waals surface area contributed by atoms with Gasteiger partial charge in [0, 0.05) is 19.3 Å². The fourth-order valence-electron chi connectivity index (χ4n) is 3.55. The van der Waals surface area contributed by atoms with Crippen molar-refractivity contribution in [2.45, 2.75) is 31.1 Å². The van der Waals surface area contributed by atoms with Crippen molar-refractivity contribution in [3.8, 4) is 11.6 Å². The number of ether oxygens (including phenoxy) is 2. The summed E-state index contributed by atoms with van der Waals surface area (Å²) in [6, 6.07) is 14.2. The van der Waals surface area contributed by atoms with Crippen LogP contribution in [0.25, 0.3) is 0 Å². The van der Waals surface area contributed by atoms with Gasteiger partial charge >= 0.3 is 0 Å². The molecule has 0 radical (unpaired) electrons. The number of hydrogen-bond acceptors (Lipinski definition) is 5. The Hall–Kier alpha value is -2.11. The third-order valence-corrected chi connectivity index (χ3v) is 4.79. The number of fused-ring (bicyclic) bond motifs is 1. The molecule has 0 spiro atoms. The second-order valence-electron chi connectivity index (χ2n) is 6.40. The number of nitrogens with zero attached hydrogens (tertiary/aromatic N) is 2. The van der Waals surface area contributed by atoms with Crippen LogP contribution in [0.4, 0.5) is 0 Å². The van der Waals surface area contributed by atoms with Crippen molar-refractivity contribution in [2.75, 3.05) is 19.7 Å². The highest BCUT2D eigenvalue weighted by Gasteiger charge is 2.36. The average molecular weight is 326 g/mol. The Morgan fingerprint density at radius 1 is 1.08 bits per heavy atom. The second kappa shape index (κ2) is 6.79. The Bertz CT molecular complexity index is 671. The van der Waals surface area contributed by atoms with E-state index in [1.54, 1.807) is 6.20 Å². The minimum absolute atomic E-state index is 0.0915. The van der Waals surface area contributed by atoms with Crippen LogP contribution in [0.1, 0.15) is 24.4 Å². The van der Waals surface area contributed by atoms with Gasteiger partial charge in [0.1, 0.15) is 6.61 Å². The molecule has 1 saturated heterocycles. The van der Waals surface area contributed by atoms with E-state index in [2.05, 4.69) is 34.1 Å². The van der Waals surface area contributed by atoms with E-state index in [9.17, 15) is 5.11 Å². The largest absolute Gasteiger partial charge is 0.484 e. The smallest absolute Gasteiger partial charge is 0.257 e. The van der Waals surface area contributed by atoms with Gasteiger partial charge in [0.25, 0.3) is 5.88 Å². The lowest BCUT2D eigenvalue weighted by molar-refractivity contribution is -0.0154. The topological polar surface area (TPSA) is 54.8 Å². The zero-order valence-electron chi connectivity index (χ0n) is 13.5. The van der Waals surface area contributed by atoms with E-state index in [0.717, 1.165) is 25.9 Å². The lowest BCUT2D eigenvalue weighted by atomic mass is 9.96. The van der Waals surface area contributed by atoms with E-state index < -0.39 is 0 Å². The third-order valence-electron chi connectivity index (χ3n) is 4.79. The highest BCUT2D eigenvalue weighted by Crippen LogP contribution is 2.36. The van der Waals surface area contributed by atoms with Crippen LogP contribution in [0, 0.1) is 0 Å². The highest BCUT2D eigenvalue weighted by atomic mass is 16.6. The van der Waals surface area contributed by atoms with Crippen LogP contribution in [-0.4, -0.2) is 46.9 Å². The quantitative estimate of drug-likeness (QED) is 0.939. The molecule has 1 aromatic heterocycles. The van der Waals surface area contributed by atoms with Crippen molar-refractivity contribution in [3.63, 3.8) is 0 Å². The van der Waals surface area contributed by atoms with Crippen LogP contribution in [-0.2, 0) is 0 Å². The first-order valence-electron chi connectivity index (χ1n) is 8.53. The maximum Gasteiger partial charge on any atom is 0.257 e. The molecule has 1 aromatic carbocycles. The van der Waals surface area contributed by atoms with Crippen molar-refractivity contribution in [3.05, 3.63) is 54.2 Å². The summed E-state index contributed by atoms with van der Waals surface area (Å²) in [7, 11) is 0. The number of aliphatic hydroxyl groups is 1. The molecule has 24 heavy (non-hydrogen) atoms. The van der Waals surface area contributed by atoms with E-state index >= 15 is 0 Å². The fraction of sp³-hybridized carbons (Fsp3) is 0.421. The van der Waals surface area contributed by atoms with Gasteiger partial charge in [-0.1, -0.05) is 30.3 Å². The molecule has 0 saturated carbocycles. The molecule has 3 heterocycles. The summed E-state index contributed by atoms with van der Waals surface area (Å²) in [6.45, 7) is 2.21. The van der Waals surface area contributed by atoms with E-state index in [-0.39, 0.29) is 18.2 Å². The third kappa shape index (κ3) is 3.09.